The zero-order valence-corrected chi connectivity index (χ0v) is 16.8. The summed E-state index contributed by atoms with van der Waals surface area (Å²) in [6.45, 7) is 12.9. The van der Waals surface area contributed by atoms with E-state index >= 15 is 0 Å². The summed E-state index contributed by atoms with van der Waals surface area (Å²) in [5, 5.41) is 2.97. The van der Waals surface area contributed by atoms with Gasteiger partial charge in [-0.05, 0) is 73.9 Å². The van der Waals surface area contributed by atoms with Crippen LogP contribution in [-0.2, 0) is 11.2 Å². The second-order valence-electron chi connectivity index (χ2n) is 7.40. The summed E-state index contributed by atoms with van der Waals surface area (Å²) in [6.07, 6.45) is 0.303. The molecule has 2 aromatic carbocycles. The van der Waals surface area contributed by atoms with Gasteiger partial charge in [-0.2, -0.15) is 0 Å². The Balaban J connectivity index is 1.85. The Hall–Kier alpha value is -2.29. The summed E-state index contributed by atoms with van der Waals surface area (Å²) in [6, 6.07) is 12.7. The monoisotopic (exact) mass is 353 g/mol. The largest absolute Gasteiger partial charge is 0.481 e. The lowest BCUT2D eigenvalue weighted by atomic mass is 10.0. The van der Waals surface area contributed by atoms with Crippen molar-refractivity contribution in [1.29, 1.82) is 0 Å². The number of carbonyl (C=O) groups excluding carboxylic acids is 1. The molecular weight excluding hydrogens is 322 g/mol. The SMILES string of the molecule is Cc1cc(C)c(C)c(O[C@@H](C)C(=O)NCCc2ccc(C(C)C)cc2)c1. The van der Waals surface area contributed by atoms with Crippen molar-refractivity contribution in [1.82, 2.24) is 5.32 Å². The van der Waals surface area contributed by atoms with E-state index in [1.165, 1.54) is 16.7 Å². The van der Waals surface area contributed by atoms with Crippen LogP contribution in [0.2, 0.25) is 0 Å². The summed E-state index contributed by atoms with van der Waals surface area (Å²) < 4.78 is 5.90. The van der Waals surface area contributed by atoms with Gasteiger partial charge in [0.05, 0.1) is 0 Å². The third-order valence-electron chi connectivity index (χ3n) is 4.80. The molecule has 0 bridgehead atoms. The van der Waals surface area contributed by atoms with Crippen LogP contribution < -0.4 is 10.1 Å². The third kappa shape index (κ3) is 5.35. The highest BCUT2D eigenvalue weighted by Crippen LogP contribution is 2.24. The summed E-state index contributed by atoms with van der Waals surface area (Å²) in [5.74, 6) is 1.24. The number of benzene rings is 2. The maximum Gasteiger partial charge on any atom is 0.260 e. The van der Waals surface area contributed by atoms with Crippen LogP contribution in [0.3, 0.4) is 0 Å². The van der Waals surface area contributed by atoms with Crippen molar-refractivity contribution in [3.05, 3.63) is 64.2 Å². The van der Waals surface area contributed by atoms with Gasteiger partial charge < -0.3 is 10.1 Å². The van der Waals surface area contributed by atoms with Gasteiger partial charge in [-0.3, -0.25) is 4.79 Å². The predicted molar refractivity (Wildman–Crippen MR) is 108 cm³/mol. The van der Waals surface area contributed by atoms with Crippen LogP contribution in [0.1, 0.15) is 54.5 Å². The molecule has 0 aliphatic rings. The summed E-state index contributed by atoms with van der Waals surface area (Å²) in [7, 11) is 0. The molecule has 3 heteroatoms. The van der Waals surface area contributed by atoms with Crippen molar-refractivity contribution >= 4 is 5.91 Å². The number of hydrogen-bond donors (Lipinski definition) is 1. The quantitative estimate of drug-likeness (QED) is 0.772. The highest BCUT2D eigenvalue weighted by Gasteiger charge is 2.16. The van der Waals surface area contributed by atoms with Crippen LogP contribution >= 0.6 is 0 Å². The minimum Gasteiger partial charge on any atom is -0.481 e. The smallest absolute Gasteiger partial charge is 0.260 e. The molecule has 3 nitrogen and oxygen atoms in total. The van der Waals surface area contributed by atoms with Gasteiger partial charge in [0.15, 0.2) is 6.10 Å². The molecule has 0 aliphatic carbocycles. The molecule has 0 spiro atoms. The highest BCUT2D eigenvalue weighted by molar-refractivity contribution is 5.80. The van der Waals surface area contributed by atoms with Gasteiger partial charge in [0.1, 0.15) is 5.75 Å². The lowest BCUT2D eigenvalue weighted by Gasteiger charge is -2.18. The van der Waals surface area contributed by atoms with E-state index in [-0.39, 0.29) is 5.91 Å². The number of aryl methyl sites for hydroxylation is 2. The lowest BCUT2D eigenvalue weighted by Crippen LogP contribution is -2.37. The molecule has 0 radical (unpaired) electrons. The molecule has 2 rings (SSSR count). The van der Waals surface area contributed by atoms with Crippen LogP contribution in [0.4, 0.5) is 0 Å². The van der Waals surface area contributed by atoms with Gasteiger partial charge in [0.2, 0.25) is 0 Å². The van der Waals surface area contributed by atoms with Crippen molar-refractivity contribution in [2.45, 2.75) is 60.0 Å². The minimum absolute atomic E-state index is 0.0811. The van der Waals surface area contributed by atoms with Crippen LogP contribution in [0.5, 0.6) is 5.75 Å². The van der Waals surface area contributed by atoms with Gasteiger partial charge in [-0.15, -0.1) is 0 Å². The molecule has 0 heterocycles. The predicted octanol–water partition coefficient (Wildman–Crippen LogP) is 4.86. The molecule has 0 unspecified atom stereocenters. The number of nitrogens with one attached hydrogen (secondary N) is 1. The van der Waals surface area contributed by atoms with Gasteiger partial charge in [-0.25, -0.2) is 0 Å². The molecule has 0 aliphatic heterocycles. The van der Waals surface area contributed by atoms with E-state index in [2.05, 4.69) is 56.4 Å². The molecule has 0 aromatic heterocycles. The van der Waals surface area contributed by atoms with Crippen molar-refractivity contribution in [3.8, 4) is 5.75 Å². The Kier molecular flexibility index (Phi) is 6.84. The number of amides is 1. The third-order valence-corrected chi connectivity index (χ3v) is 4.80. The number of carbonyl (C=O) groups is 1. The van der Waals surface area contributed by atoms with E-state index in [1.807, 2.05) is 19.9 Å². The van der Waals surface area contributed by atoms with Gasteiger partial charge in [0, 0.05) is 6.54 Å². The summed E-state index contributed by atoms with van der Waals surface area (Å²) in [5.41, 5.74) is 5.97. The molecule has 1 N–H and O–H groups in total. The molecule has 1 amide bonds. The minimum atomic E-state index is -0.516. The second-order valence-corrected chi connectivity index (χ2v) is 7.40. The van der Waals surface area contributed by atoms with E-state index in [9.17, 15) is 4.79 Å². The van der Waals surface area contributed by atoms with Crippen LogP contribution in [0, 0.1) is 20.8 Å². The van der Waals surface area contributed by atoms with Gasteiger partial charge >= 0.3 is 0 Å². The average molecular weight is 354 g/mol. The first-order valence-corrected chi connectivity index (χ1v) is 9.39. The van der Waals surface area contributed by atoms with E-state index in [0.717, 1.165) is 23.3 Å². The molecule has 140 valence electrons. The average Bonchev–Trinajstić information content (AvgIpc) is 2.59. The van der Waals surface area contributed by atoms with Crippen LogP contribution in [-0.4, -0.2) is 18.6 Å². The molecule has 2 aromatic rings. The van der Waals surface area contributed by atoms with Crippen LogP contribution in [0.25, 0.3) is 0 Å². The van der Waals surface area contributed by atoms with Gasteiger partial charge in [0.25, 0.3) is 5.91 Å². The fraction of sp³-hybridized carbons (Fsp3) is 0.435. The molecule has 0 saturated heterocycles. The van der Waals surface area contributed by atoms with E-state index in [4.69, 9.17) is 4.74 Å². The Bertz CT molecular complexity index is 748. The fourth-order valence-corrected chi connectivity index (χ4v) is 2.91. The summed E-state index contributed by atoms with van der Waals surface area (Å²) >= 11 is 0. The van der Waals surface area contributed by atoms with E-state index in [0.29, 0.717) is 12.5 Å². The van der Waals surface area contributed by atoms with Crippen molar-refractivity contribution in [2.75, 3.05) is 6.54 Å². The van der Waals surface area contributed by atoms with Gasteiger partial charge in [-0.1, -0.05) is 44.2 Å². The maximum atomic E-state index is 12.3. The Morgan fingerprint density at radius 3 is 2.31 bits per heavy atom. The molecule has 0 saturated carbocycles. The van der Waals surface area contributed by atoms with E-state index < -0.39 is 6.10 Å². The van der Waals surface area contributed by atoms with Crippen molar-refractivity contribution in [3.63, 3.8) is 0 Å². The Morgan fingerprint density at radius 2 is 1.69 bits per heavy atom. The number of hydrogen-bond acceptors (Lipinski definition) is 2. The standard InChI is InChI=1S/C23H31NO2/c1-15(2)21-9-7-20(8-10-21)11-12-24-23(25)19(6)26-22-14-16(3)13-17(4)18(22)5/h7-10,13-15,19H,11-12H2,1-6H3,(H,24,25)/t19-/m0/s1. The number of rotatable bonds is 7. The Labute approximate surface area is 157 Å². The molecule has 1 atom stereocenters. The molecule has 0 fully saturated rings. The first-order valence-electron chi connectivity index (χ1n) is 9.39. The summed E-state index contributed by atoms with van der Waals surface area (Å²) in [4.78, 5) is 12.3. The lowest BCUT2D eigenvalue weighted by molar-refractivity contribution is -0.127. The highest BCUT2D eigenvalue weighted by atomic mass is 16.5. The Morgan fingerprint density at radius 1 is 1.04 bits per heavy atom. The van der Waals surface area contributed by atoms with Crippen molar-refractivity contribution in [2.24, 2.45) is 0 Å². The number of ether oxygens (including phenoxy) is 1. The molecule has 26 heavy (non-hydrogen) atoms. The van der Waals surface area contributed by atoms with Crippen molar-refractivity contribution < 1.29 is 9.53 Å². The fourth-order valence-electron chi connectivity index (χ4n) is 2.91. The molecular formula is C23H31NO2. The first kappa shape index (κ1) is 20.0. The van der Waals surface area contributed by atoms with E-state index in [1.54, 1.807) is 6.92 Å². The second kappa shape index (κ2) is 8.88. The zero-order chi connectivity index (χ0) is 19.3. The van der Waals surface area contributed by atoms with Crippen LogP contribution in [0.15, 0.2) is 36.4 Å². The normalized spacial score (nSPS) is 12.1. The zero-order valence-electron chi connectivity index (χ0n) is 16.8. The maximum absolute atomic E-state index is 12.3. The topological polar surface area (TPSA) is 38.3 Å². The first-order chi connectivity index (χ1) is 12.3.